The van der Waals surface area contributed by atoms with Crippen molar-refractivity contribution in [3.8, 4) is 5.88 Å². The van der Waals surface area contributed by atoms with Crippen LogP contribution in [0.4, 0.5) is 0 Å². The van der Waals surface area contributed by atoms with Crippen LogP contribution in [0.1, 0.15) is 34.1 Å². The van der Waals surface area contributed by atoms with Crippen molar-refractivity contribution in [1.82, 2.24) is 5.16 Å². The highest BCUT2D eigenvalue weighted by molar-refractivity contribution is 8.04. The molecule has 0 saturated carbocycles. The summed E-state index contributed by atoms with van der Waals surface area (Å²) in [6, 6.07) is 17.8. The molecule has 0 spiro atoms. The number of allylic oxidation sites excluding steroid dienone is 1. The van der Waals surface area contributed by atoms with Crippen molar-refractivity contribution >= 4 is 23.3 Å². The second-order valence-electron chi connectivity index (χ2n) is 7.78. The lowest BCUT2D eigenvalue weighted by atomic mass is 9.65. The van der Waals surface area contributed by atoms with Crippen LogP contribution in [0.5, 0.6) is 5.88 Å². The first-order chi connectivity index (χ1) is 15.5. The number of nitrogens with zero attached hydrogens (tertiary/aromatic N) is 1. The second-order valence-corrected chi connectivity index (χ2v) is 8.89. The zero-order valence-electron chi connectivity index (χ0n) is 16.9. The van der Waals surface area contributed by atoms with Gasteiger partial charge in [-0.25, -0.2) is 0 Å². The third kappa shape index (κ3) is 3.28. The highest BCUT2D eigenvalue weighted by atomic mass is 32.2. The van der Waals surface area contributed by atoms with E-state index in [9.17, 15) is 14.7 Å². The van der Waals surface area contributed by atoms with Gasteiger partial charge in [-0.1, -0.05) is 66.4 Å². The molecule has 3 N–H and O–H groups in total. The zero-order valence-corrected chi connectivity index (χ0v) is 17.7. The molecule has 1 aromatic heterocycles. The molecule has 2 aliphatic rings. The lowest BCUT2D eigenvalue weighted by Gasteiger charge is -2.41. The summed E-state index contributed by atoms with van der Waals surface area (Å²) in [5.41, 5.74) is 4.85. The first kappa shape index (κ1) is 20.7. The Labute approximate surface area is 188 Å². The maximum absolute atomic E-state index is 13.5. The topological polar surface area (TPSA) is 116 Å². The molecule has 1 heterocycles. The fourth-order valence-corrected chi connectivity index (χ4v) is 5.13. The first-order valence-corrected chi connectivity index (χ1v) is 11.0. The van der Waals surface area contributed by atoms with E-state index in [1.54, 1.807) is 6.08 Å². The number of hydrogen-bond donors (Lipinski definition) is 2. The quantitative estimate of drug-likeness (QED) is 0.570. The van der Waals surface area contributed by atoms with Crippen molar-refractivity contribution in [2.45, 2.75) is 29.6 Å². The van der Waals surface area contributed by atoms with Gasteiger partial charge in [0.2, 0.25) is 11.6 Å². The van der Waals surface area contributed by atoms with Crippen molar-refractivity contribution in [2.24, 2.45) is 11.7 Å². The molecule has 7 nitrogen and oxygen atoms in total. The van der Waals surface area contributed by atoms with Crippen LogP contribution in [-0.4, -0.2) is 27.4 Å². The molecule has 2 aliphatic carbocycles. The lowest BCUT2D eigenvalue weighted by Crippen LogP contribution is -2.60. The Hall–Kier alpha value is -3.20. The van der Waals surface area contributed by atoms with Gasteiger partial charge in [-0.15, -0.1) is 0 Å². The highest BCUT2D eigenvalue weighted by Gasteiger charge is 2.61. The molecule has 0 amide bonds. The van der Waals surface area contributed by atoms with E-state index in [4.69, 9.17) is 15.0 Å². The van der Waals surface area contributed by atoms with Gasteiger partial charge in [-0.3, -0.25) is 9.59 Å². The monoisotopic (exact) mass is 448 g/mol. The van der Waals surface area contributed by atoms with Gasteiger partial charge < -0.3 is 20.1 Å². The molecule has 0 aliphatic heterocycles. The summed E-state index contributed by atoms with van der Waals surface area (Å²) in [6.07, 6.45) is 1.98. The van der Waals surface area contributed by atoms with Crippen molar-refractivity contribution in [3.63, 3.8) is 0 Å². The molecule has 162 valence electrons. The van der Waals surface area contributed by atoms with Gasteiger partial charge in [0.1, 0.15) is 12.2 Å². The minimum atomic E-state index is -2.30. The third-order valence-electron chi connectivity index (χ3n) is 5.85. The summed E-state index contributed by atoms with van der Waals surface area (Å²) < 4.78 is 11.0. The second kappa shape index (κ2) is 8.05. The summed E-state index contributed by atoms with van der Waals surface area (Å²) >= 11 is 1.21. The van der Waals surface area contributed by atoms with Crippen molar-refractivity contribution in [3.05, 3.63) is 88.5 Å². The maximum atomic E-state index is 13.5. The smallest absolute Gasteiger partial charge is 0.265 e. The molecule has 8 heteroatoms. The summed E-state index contributed by atoms with van der Waals surface area (Å²) in [4.78, 5) is 28.0. The summed E-state index contributed by atoms with van der Waals surface area (Å²) in [7, 11) is 0. The highest BCUT2D eigenvalue weighted by Crippen LogP contribution is 2.49. The minimum Gasteiger partial charge on any atom is -0.470 e. The fraction of sp³-hybridized carbons (Fsp3) is 0.208. The van der Waals surface area contributed by atoms with Gasteiger partial charge >= 0.3 is 0 Å². The van der Waals surface area contributed by atoms with Crippen LogP contribution in [0.15, 0.2) is 81.1 Å². The number of nitrogens with two attached hydrogens (primary N) is 1. The Morgan fingerprint density at radius 2 is 1.78 bits per heavy atom. The number of hydrogen-bond acceptors (Lipinski definition) is 8. The van der Waals surface area contributed by atoms with Gasteiger partial charge in [-0.05, 0) is 29.3 Å². The molecule has 0 radical (unpaired) electrons. The maximum Gasteiger partial charge on any atom is 0.265 e. The van der Waals surface area contributed by atoms with Crippen molar-refractivity contribution in [2.75, 3.05) is 0 Å². The number of ketones is 2. The summed E-state index contributed by atoms with van der Waals surface area (Å²) in [6.45, 7) is 0.146. The molecule has 3 aromatic rings. The molecule has 3 atom stereocenters. The molecule has 0 bridgehead atoms. The van der Waals surface area contributed by atoms with E-state index in [1.807, 2.05) is 60.7 Å². The van der Waals surface area contributed by atoms with Crippen LogP contribution in [0.3, 0.4) is 0 Å². The van der Waals surface area contributed by atoms with E-state index in [1.165, 1.54) is 11.8 Å². The molecule has 0 fully saturated rings. The standard InChI is InChI=1S/C24H20N2O5S/c25-19-16-11-12-17(32-15-9-5-2-6-10-15)21(27)24(16,29)22(28)18-20(19)31-26-23(18)30-13-14-7-3-1-4-8-14/h1-10,12,16,19,29H,11,13,25H2/t16-,19-,24-/m0/s1. The predicted octanol–water partition coefficient (Wildman–Crippen LogP) is 3.45. The van der Waals surface area contributed by atoms with Crippen LogP contribution in [0, 0.1) is 5.92 Å². The van der Waals surface area contributed by atoms with Crippen LogP contribution < -0.4 is 10.5 Å². The van der Waals surface area contributed by atoms with Crippen LogP contribution in [-0.2, 0) is 11.4 Å². The van der Waals surface area contributed by atoms with E-state index < -0.39 is 29.1 Å². The van der Waals surface area contributed by atoms with Crippen LogP contribution in [0.25, 0.3) is 0 Å². The van der Waals surface area contributed by atoms with Gasteiger partial charge in [-0.2, -0.15) is 0 Å². The third-order valence-corrected chi connectivity index (χ3v) is 6.93. The number of rotatable bonds is 5. The van der Waals surface area contributed by atoms with Gasteiger partial charge in [0.15, 0.2) is 11.4 Å². The average molecular weight is 449 g/mol. The number of ether oxygens (including phenoxy) is 1. The Kier molecular flexibility index (Phi) is 5.21. The number of benzene rings is 2. The van der Waals surface area contributed by atoms with Gasteiger partial charge in [0.25, 0.3) is 5.88 Å². The van der Waals surface area contributed by atoms with Crippen molar-refractivity contribution < 1.29 is 24.0 Å². The van der Waals surface area contributed by atoms with E-state index in [0.717, 1.165) is 10.5 Å². The lowest BCUT2D eigenvalue weighted by molar-refractivity contribution is -0.135. The van der Waals surface area contributed by atoms with E-state index >= 15 is 0 Å². The normalized spacial score (nSPS) is 24.5. The predicted molar refractivity (Wildman–Crippen MR) is 117 cm³/mol. The fourth-order valence-electron chi connectivity index (χ4n) is 4.16. The molecular weight excluding hydrogens is 428 g/mol. The first-order valence-electron chi connectivity index (χ1n) is 10.2. The number of fused-ring (bicyclic) bond motifs is 2. The number of aliphatic hydroxyl groups is 1. The Morgan fingerprint density at radius 3 is 2.50 bits per heavy atom. The molecule has 0 unspecified atom stereocenters. The Bertz CT molecular complexity index is 1210. The molecule has 32 heavy (non-hydrogen) atoms. The Morgan fingerprint density at radius 1 is 1.09 bits per heavy atom. The van der Waals surface area contributed by atoms with E-state index in [-0.39, 0.29) is 30.2 Å². The van der Waals surface area contributed by atoms with Crippen molar-refractivity contribution in [1.29, 1.82) is 0 Å². The minimum absolute atomic E-state index is 0.0634. The molecule has 2 aromatic carbocycles. The molecule has 0 saturated heterocycles. The number of aromatic nitrogens is 1. The van der Waals surface area contributed by atoms with Crippen LogP contribution in [0.2, 0.25) is 0 Å². The average Bonchev–Trinajstić information content (AvgIpc) is 3.25. The van der Waals surface area contributed by atoms with Crippen LogP contribution >= 0.6 is 11.8 Å². The Balaban J connectivity index is 1.46. The van der Waals surface area contributed by atoms with E-state index in [0.29, 0.717) is 4.91 Å². The number of thioether (sulfide) groups is 1. The largest absolute Gasteiger partial charge is 0.470 e. The van der Waals surface area contributed by atoms with E-state index in [2.05, 4.69) is 5.16 Å². The number of Topliss-reactive ketones (excluding diaryl/α,β-unsaturated/α-hetero) is 2. The molecular formula is C24H20N2O5S. The number of carbonyl (C=O) groups excluding carboxylic acids is 2. The summed E-state index contributed by atoms with van der Waals surface area (Å²) in [5.74, 6) is -2.23. The number of carbonyl (C=O) groups is 2. The summed E-state index contributed by atoms with van der Waals surface area (Å²) in [5, 5.41) is 15.3. The SMILES string of the molecule is N[C@@H]1c2onc(OCc3ccccc3)c2C(=O)[C@@]2(O)C(=O)C(Sc3ccccc3)=CC[C@@H]12. The van der Waals surface area contributed by atoms with Gasteiger partial charge in [0, 0.05) is 10.8 Å². The zero-order chi connectivity index (χ0) is 22.3. The van der Waals surface area contributed by atoms with Gasteiger partial charge in [0.05, 0.1) is 10.9 Å². The molecule has 5 rings (SSSR count).